The molecule has 3 aromatic rings. The summed E-state index contributed by atoms with van der Waals surface area (Å²) < 4.78 is 2.55. The van der Waals surface area contributed by atoms with Crippen molar-refractivity contribution < 1.29 is 0 Å². The van der Waals surface area contributed by atoms with Crippen molar-refractivity contribution in [3.8, 4) is 0 Å². The molecular formula is C11H9BrN6. The molecule has 0 aliphatic rings. The first-order chi connectivity index (χ1) is 8.72. The zero-order chi connectivity index (χ0) is 12.5. The molecular weight excluding hydrogens is 296 g/mol. The number of nitrogens with one attached hydrogen (secondary N) is 1. The maximum Gasteiger partial charge on any atom is 0.169 e. The van der Waals surface area contributed by atoms with Crippen molar-refractivity contribution in [2.75, 3.05) is 5.32 Å². The highest BCUT2D eigenvalue weighted by Crippen LogP contribution is 2.18. The lowest BCUT2D eigenvalue weighted by molar-refractivity contribution is 0.938. The fourth-order valence-electron chi connectivity index (χ4n) is 1.52. The van der Waals surface area contributed by atoms with Crippen LogP contribution in [0, 0.1) is 6.92 Å². The van der Waals surface area contributed by atoms with Crippen LogP contribution in [0.15, 0.2) is 35.2 Å². The fraction of sp³-hybridized carbons (Fsp3) is 0.0909. The van der Waals surface area contributed by atoms with Gasteiger partial charge in [0.15, 0.2) is 11.5 Å². The SMILES string of the molecule is Cc1ccc(Nc2cnc3c(Br)cnn3c2)nn1. The maximum absolute atomic E-state index is 4.30. The van der Waals surface area contributed by atoms with Crippen LogP contribution in [-0.2, 0) is 0 Å². The molecule has 0 radical (unpaired) electrons. The largest absolute Gasteiger partial charge is 0.336 e. The van der Waals surface area contributed by atoms with Gasteiger partial charge in [0, 0.05) is 0 Å². The van der Waals surface area contributed by atoms with Gasteiger partial charge in [0.1, 0.15) is 0 Å². The Morgan fingerprint density at radius 2 is 2.11 bits per heavy atom. The fourth-order valence-corrected chi connectivity index (χ4v) is 1.90. The van der Waals surface area contributed by atoms with E-state index in [9.17, 15) is 0 Å². The minimum Gasteiger partial charge on any atom is -0.336 e. The molecule has 3 rings (SSSR count). The van der Waals surface area contributed by atoms with Crippen LogP contribution in [0.1, 0.15) is 5.69 Å². The Hall–Kier alpha value is -2.02. The van der Waals surface area contributed by atoms with E-state index >= 15 is 0 Å². The Balaban J connectivity index is 1.92. The zero-order valence-electron chi connectivity index (χ0n) is 9.50. The van der Waals surface area contributed by atoms with E-state index in [1.807, 2.05) is 25.3 Å². The van der Waals surface area contributed by atoms with Crippen LogP contribution < -0.4 is 5.32 Å². The highest BCUT2D eigenvalue weighted by Gasteiger charge is 2.04. The molecule has 0 bridgehead atoms. The monoisotopic (exact) mass is 304 g/mol. The molecule has 18 heavy (non-hydrogen) atoms. The van der Waals surface area contributed by atoms with E-state index in [-0.39, 0.29) is 0 Å². The van der Waals surface area contributed by atoms with Gasteiger partial charge in [0.25, 0.3) is 0 Å². The molecule has 6 nitrogen and oxygen atoms in total. The minimum atomic E-state index is 0.674. The predicted octanol–water partition coefficient (Wildman–Crippen LogP) is 2.33. The van der Waals surface area contributed by atoms with Gasteiger partial charge in [-0.25, -0.2) is 9.50 Å². The second kappa shape index (κ2) is 4.34. The average Bonchev–Trinajstić information content (AvgIpc) is 2.74. The molecule has 0 saturated heterocycles. The predicted molar refractivity (Wildman–Crippen MR) is 70.7 cm³/mol. The first-order valence-corrected chi connectivity index (χ1v) is 6.08. The molecule has 90 valence electrons. The van der Waals surface area contributed by atoms with E-state index < -0.39 is 0 Å². The molecule has 0 spiro atoms. The normalized spacial score (nSPS) is 10.8. The number of rotatable bonds is 2. The molecule has 0 unspecified atom stereocenters. The minimum absolute atomic E-state index is 0.674. The Labute approximate surface area is 111 Å². The van der Waals surface area contributed by atoms with Gasteiger partial charge >= 0.3 is 0 Å². The third-order valence-electron chi connectivity index (χ3n) is 2.38. The molecule has 0 saturated carbocycles. The Morgan fingerprint density at radius 1 is 1.22 bits per heavy atom. The van der Waals surface area contributed by atoms with Crippen LogP contribution in [0.5, 0.6) is 0 Å². The molecule has 0 atom stereocenters. The summed E-state index contributed by atoms with van der Waals surface area (Å²) in [4.78, 5) is 4.30. The Morgan fingerprint density at radius 3 is 2.89 bits per heavy atom. The van der Waals surface area contributed by atoms with E-state index in [4.69, 9.17) is 0 Å². The lowest BCUT2D eigenvalue weighted by atomic mass is 10.4. The summed E-state index contributed by atoms with van der Waals surface area (Å²) in [7, 11) is 0. The van der Waals surface area contributed by atoms with Crippen LogP contribution >= 0.6 is 15.9 Å². The molecule has 0 amide bonds. The Bertz CT molecular complexity index is 690. The van der Waals surface area contributed by atoms with Crippen molar-refractivity contribution in [1.82, 2.24) is 24.8 Å². The van der Waals surface area contributed by atoms with E-state index in [0.29, 0.717) is 5.82 Å². The van der Waals surface area contributed by atoms with Crippen molar-refractivity contribution in [2.24, 2.45) is 0 Å². The third-order valence-corrected chi connectivity index (χ3v) is 2.94. The van der Waals surface area contributed by atoms with Gasteiger partial charge in [0.05, 0.1) is 34.4 Å². The zero-order valence-corrected chi connectivity index (χ0v) is 11.1. The van der Waals surface area contributed by atoms with Crippen LogP contribution in [0.2, 0.25) is 0 Å². The number of aryl methyl sites for hydroxylation is 1. The number of aromatic nitrogens is 5. The quantitative estimate of drug-likeness (QED) is 0.787. The number of halogens is 1. The number of hydrogen-bond donors (Lipinski definition) is 1. The lowest BCUT2D eigenvalue weighted by Gasteiger charge is -2.04. The Kier molecular flexibility index (Phi) is 2.67. The number of hydrogen-bond acceptors (Lipinski definition) is 5. The second-order valence-electron chi connectivity index (χ2n) is 3.79. The van der Waals surface area contributed by atoms with Crippen LogP contribution in [0.3, 0.4) is 0 Å². The van der Waals surface area contributed by atoms with E-state index in [1.54, 1.807) is 16.9 Å². The molecule has 3 heterocycles. The summed E-state index contributed by atoms with van der Waals surface area (Å²) in [6.45, 7) is 1.89. The highest BCUT2D eigenvalue weighted by atomic mass is 79.9. The van der Waals surface area contributed by atoms with Gasteiger partial charge in [-0.15, -0.1) is 5.10 Å². The van der Waals surface area contributed by atoms with E-state index in [2.05, 4.69) is 41.5 Å². The average molecular weight is 305 g/mol. The van der Waals surface area contributed by atoms with Crippen LogP contribution in [0.25, 0.3) is 5.65 Å². The van der Waals surface area contributed by atoms with Crippen LogP contribution in [-0.4, -0.2) is 24.8 Å². The van der Waals surface area contributed by atoms with Crippen LogP contribution in [0.4, 0.5) is 11.5 Å². The molecule has 7 heteroatoms. The summed E-state index contributed by atoms with van der Waals surface area (Å²) in [5, 5.41) is 15.3. The molecule has 1 N–H and O–H groups in total. The first kappa shape index (κ1) is 11.1. The van der Waals surface area contributed by atoms with E-state index in [0.717, 1.165) is 21.5 Å². The number of anilines is 2. The summed E-state index contributed by atoms with van der Waals surface area (Å²) in [5.74, 6) is 0.674. The van der Waals surface area contributed by atoms with Crippen molar-refractivity contribution in [3.63, 3.8) is 0 Å². The molecule has 0 aliphatic carbocycles. The van der Waals surface area contributed by atoms with Gasteiger partial charge in [-0.2, -0.15) is 10.2 Å². The number of nitrogens with zero attached hydrogens (tertiary/aromatic N) is 5. The van der Waals surface area contributed by atoms with Crippen molar-refractivity contribution in [2.45, 2.75) is 6.92 Å². The summed E-state index contributed by atoms with van der Waals surface area (Å²) >= 11 is 3.38. The van der Waals surface area contributed by atoms with Crippen molar-refractivity contribution >= 4 is 33.1 Å². The van der Waals surface area contributed by atoms with Gasteiger partial charge in [0.2, 0.25) is 0 Å². The topological polar surface area (TPSA) is 68.0 Å². The number of fused-ring (bicyclic) bond motifs is 1. The first-order valence-electron chi connectivity index (χ1n) is 5.28. The van der Waals surface area contributed by atoms with Crippen molar-refractivity contribution in [3.05, 3.63) is 40.9 Å². The van der Waals surface area contributed by atoms with Gasteiger partial charge < -0.3 is 5.32 Å². The standard InChI is InChI=1S/C11H9BrN6/c1-7-2-3-10(17-16-7)15-8-4-13-11-9(12)5-14-18(11)6-8/h2-6H,1H3,(H,15,17). The summed E-state index contributed by atoms with van der Waals surface area (Å²) in [5.41, 5.74) is 2.46. The smallest absolute Gasteiger partial charge is 0.169 e. The highest BCUT2D eigenvalue weighted by molar-refractivity contribution is 9.10. The van der Waals surface area contributed by atoms with Crippen molar-refractivity contribution in [1.29, 1.82) is 0 Å². The van der Waals surface area contributed by atoms with Gasteiger partial charge in [-0.3, -0.25) is 0 Å². The van der Waals surface area contributed by atoms with E-state index in [1.165, 1.54) is 0 Å². The molecule has 0 fully saturated rings. The second-order valence-corrected chi connectivity index (χ2v) is 4.64. The molecule has 0 aliphatic heterocycles. The summed E-state index contributed by atoms with van der Waals surface area (Å²) in [6, 6.07) is 3.76. The van der Waals surface area contributed by atoms with Gasteiger partial charge in [-0.05, 0) is 35.0 Å². The summed E-state index contributed by atoms with van der Waals surface area (Å²) in [6.07, 6.45) is 5.27. The molecule has 0 aromatic carbocycles. The maximum atomic E-state index is 4.30. The lowest BCUT2D eigenvalue weighted by Crippen LogP contribution is -1.99. The third kappa shape index (κ3) is 2.04. The molecule has 3 aromatic heterocycles. The van der Waals surface area contributed by atoms with Gasteiger partial charge in [-0.1, -0.05) is 0 Å².